The third-order valence-corrected chi connectivity index (χ3v) is 6.80. The second-order valence-corrected chi connectivity index (χ2v) is 9.89. The maximum absolute atomic E-state index is 15.2. The van der Waals surface area contributed by atoms with E-state index in [0.29, 0.717) is 17.7 Å². The highest BCUT2D eigenvalue weighted by Crippen LogP contribution is 2.39. The summed E-state index contributed by atoms with van der Waals surface area (Å²) in [5, 5.41) is 0. The maximum Gasteiger partial charge on any atom is 0.154 e. The van der Waals surface area contributed by atoms with Gasteiger partial charge >= 0.3 is 0 Å². The van der Waals surface area contributed by atoms with Crippen LogP contribution in [-0.4, -0.2) is 12.4 Å². The van der Waals surface area contributed by atoms with Crippen molar-refractivity contribution in [2.45, 2.75) is 96.8 Å². The minimum Gasteiger partial charge on any atom is -0.312 e. The highest BCUT2D eigenvalue weighted by atomic mass is 19.1. The van der Waals surface area contributed by atoms with Crippen molar-refractivity contribution in [1.82, 2.24) is 0 Å². The zero-order valence-electron chi connectivity index (χ0n) is 22.3. The number of benzene rings is 2. The Morgan fingerprint density at radius 2 is 1.59 bits per heavy atom. The number of halogens is 3. The first-order valence-electron chi connectivity index (χ1n) is 13.9. The molecule has 0 aliphatic carbocycles. The molecule has 0 amide bonds. The van der Waals surface area contributed by atoms with Crippen molar-refractivity contribution in [2.75, 3.05) is 4.90 Å². The fraction of sp³-hybridized carbons (Fsp3) is 0.469. The lowest BCUT2D eigenvalue weighted by Crippen LogP contribution is -2.32. The molecule has 2 atom stereocenters. The van der Waals surface area contributed by atoms with E-state index in [1.54, 1.807) is 43.3 Å². The van der Waals surface area contributed by atoms with Crippen molar-refractivity contribution < 1.29 is 13.2 Å². The van der Waals surface area contributed by atoms with Crippen LogP contribution in [0.3, 0.4) is 0 Å². The van der Waals surface area contributed by atoms with E-state index in [0.717, 1.165) is 49.8 Å². The third-order valence-electron chi connectivity index (χ3n) is 6.80. The zero-order chi connectivity index (χ0) is 26.5. The van der Waals surface area contributed by atoms with Crippen LogP contribution in [-0.2, 0) is 0 Å². The lowest BCUT2D eigenvalue weighted by Gasteiger charge is -2.36. The van der Waals surface area contributed by atoms with Crippen LogP contribution in [0.25, 0.3) is 0 Å². The van der Waals surface area contributed by atoms with Crippen molar-refractivity contribution in [3.8, 4) is 0 Å². The molecule has 2 aromatic carbocycles. The summed E-state index contributed by atoms with van der Waals surface area (Å²) in [6.45, 7) is 3.80. The lowest BCUT2D eigenvalue weighted by atomic mass is 9.99. The number of unbranched alkanes of at least 4 members (excludes halogenated alkanes) is 7. The quantitative estimate of drug-likeness (QED) is 0.218. The highest BCUT2D eigenvalue weighted by Gasteiger charge is 2.30. The molecule has 1 aliphatic heterocycles. The van der Waals surface area contributed by atoms with Gasteiger partial charge in [-0.1, -0.05) is 81.9 Å². The molecule has 200 valence electrons. The van der Waals surface area contributed by atoms with Crippen LogP contribution in [0, 0.1) is 11.6 Å². The van der Waals surface area contributed by atoms with Crippen molar-refractivity contribution in [1.29, 1.82) is 0 Å². The molecule has 1 aliphatic rings. The molecule has 3 rings (SSSR count). The van der Waals surface area contributed by atoms with E-state index >= 15 is 4.39 Å². The van der Waals surface area contributed by atoms with E-state index in [4.69, 9.17) is 4.99 Å². The van der Waals surface area contributed by atoms with Crippen LogP contribution in [0.1, 0.15) is 96.2 Å². The molecule has 0 fully saturated rings. The van der Waals surface area contributed by atoms with Gasteiger partial charge in [-0.25, -0.2) is 13.2 Å². The highest BCUT2D eigenvalue weighted by molar-refractivity contribution is 5.85. The monoisotopic (exact) mass is 510 g/mol. The Morgan fingerprint density at radius 3 is 2.32 bits per heavy atom. The zero-order valence-corrected chi connectivity index (χ0v) is 22.3. The fourth-order valence-electron chi connectivity index (χ4n) is 4.75. The molecule has 0 N–H and O–H groups in total. The molecule has 0 saturated heterocycles. The summed E-state index contributed by atoms with van der Waals surface area (Å²) >= 11 is 0. The number of para-hydroxylation sites is 1. The first kappa shape index (κ1) is 28.7. The summed E-state index contributed by atoms with van der Waals surface area (Å²) < 4.78 is 43.3. The van der Waals surface area contributed by atoms with Gasteiger partial charge in [0.2, 0.25) is 0 Å². The van der Waals surface area contributed by atoms with E-state index in [-0.39, 0.29) is 11.6 Å². The molecular weight excluding hydrogens is 469 g/mol. The standard InChI is InChI=1S/C32H41F3N2/c1-3-4-5-6-7-8-12-22-30-26(18-11-9-10-17-25(2)33)24-36-32(27-19-13-14-20-28(27)34)37(30)31-23-16-15-21-29(31)35/h12-16,19-25,32H,3-11,17-18H2,1-2H3/b22-12+. The summed E-state index contributed by atoms with van der Waals surface area (Å²) in [6, 6.07) is 13.2. The first-order valence-corrected chi connectivity index (χ1v) is 13.9. The number of alkyl halides is 1. The normalized spacial score (nSPS) is 16.7. The largest absolute Gasteiger partial charge is 0.312 e. The van der Waals surface area contributed by atoms with Crippen molar-refractivity contribution in [3.05, 3.63) is 89.2 Å². The number of rotatable bonds is 15. The number of anilines is 1. The Balaban J connectivity index is 1.93. The van der Waals surface area contributed by atoms with Crippen molar-refractivity contribution >= 4 is 11.9 Å². The van der Waals surface area contributed by atoms with Gasteiger partial charge in [0.15, 0.2) is 6.17 Å². The average molecular weight is 511 g/mol. The Kier molecular flexibility index (Phi) is 12.0. The average Bonchev–Trinajstić information content (AvgIpc) is 2.89. The predicted octanol–water partition coefficient (Wildman–Crippen LogP) is 10.0. The summed E-state index contributed by atoms with van der Waals surface area (Å²) in [6.07, 6.45) is 15.4. The van der Waals surface area contributed by atoms with E-state index in [9.17, 15) is 8.78 Å². The number of hydrogen-bond acceptors (Lipinski definition) is 2. The second-order valence-electron chi connectivity index (χ2n) is 9.89. The molecule has 0 bridgehead atoms. The van der Waals surface area contributed by atoms with Gasteiger partial charge in [-0.05, 0) is 68.9 Å². The summed E-state index contributed by atoms with van der Waals surface area (Å²) in [4.78, 5) is 6.57. The summed E-state index contributed by atoms with van der Waals surface area (Å²) in [5.74, 6) is -0.739. The van der Waals surface area contributed by atoms with E-state index in [1.807, 2.05) is 11.1 Å². The van der Waals surface area contributed by atoms with Gasteiger partial charge in [0.25, 0.3) is 0 Å². The predicted molar refractivity (Wildman–Crippen MR) is 150 cm³/mol. The van der Waals surface area contributed by atoms with Gasteiger partial charge in [-0.15, -0.1) is 0 Å². The molecule has 5 heteroatoms. The summed E-state index contributed by atoms with van der Waals surface area (Å²) in [5.41, 5.74) is 2.62. The second kappa shape index (κ2) is 15.4. The third kappa shape index (κ3) is 8.62. The lowest BCUT2D eigenvalue weighted by molar-refractivity contribution is 0.330. The minimum absolute atomic E-state index is 0.367. The number of aliphatic imine (C=N–C) groups is 1. The minimum atomic E-state index is -0.788. The van der Waals surface area contributed by atoms with Crippen LogP contribution >= 0.6 is 0 Å². The van der Waals surface area contributed by atoms with Crippen molar-refractivity contribution in [3.63, 3.8) is 0 Å². The molecule has 1 heterocycles. The number of allylic oxidation sites excluding steroid dienone is 3. The van der Waals surface area contributed by atoms with Gasteiger partial charge in [-0.2, -0.15) is 0 Å². The molecule has 0 saturated carbocycles. The molecule has 2 unspecified atom stereocenters. The van der Waals surface area contributed by atoms with Crippen LogP contribution in [0.15, 0.2) is 76.9 Å². The SMILES string of the molecule is CCCCCCC/C=C/C1=C(CCCCCC(C)F)C=NC(c2ccccc2F)N1c1ccccc1F. The molecule has 0 aromatic heterocycles. The molecule has 37 heavy (non-hydrogen) atoms. The van der Waals surface area contributed by atoms with Gasteiger partial charge in [0, 0.05) is 17.5 Å². The molecule has 0 spiro atoms. The van der Waals surface area contributed by atoms with Gasteiger partial charge in [0.05, 0.1) is 11.9 Å². The topological polar surface area (TPSA) is 15.6 Å². The molecule has 2 nitrogen and oxygen atoms in total. The smallest absolute Gasteiger partial charge is 0.154 e. The van der Waals surface area contributed by atoms with Crippen LogP contribution in [0.2, 0.25) is 0 Å². The number of hydrogen-bond donors (Lipinski definition) is 0. The molecule has 2 aromatic rings. The van der Waals surface area contributed by atoms with Crippen LogP contribution in [0.4, 0.5) is 18.9 Å². The number of nitrogens with zero attached hydrogens (tertiary/aromatic N) is 2. The Morgan fingerprint density at radius 1 is 0.892 bits per heavy atom. The summed E-state index contributed by atoms with van der Waals surface area (Å²) in [7, 11) is 0. The van der Waals surface area contributed by atoms with Crippen LogP contribution < -0.4 is 4.90 Å². The molecule has 0 radical (unpaired) electrons. The van der Waals surface area contributed by atoms with E-state index < -0.39 is 12.3 Å². The van der Waals surface area contributed by atoms with Crippen LogP contribution in [0.5, 0.6) is 0 Å². The fourth-order valence-corrected chi connectivity index (χ4v) is 4.75. The van der Waals surface area contributed by atoms with Gasteiger partial charge in [-0.3, -0.25) is 4.99 Å². The Bertz CT molecular complexity index is 1060. The van der Waals surface area contributed by atoms with E-state index in [2.05, 4.69) is 19.1 Å². The Hall–Kier alpha value is -2.82. The van der Waals surface area contributed by atoms with Crippen molar-refractivity contribution in [2.24, 2.45) is 4.99 Å². The van der Waals surface area contributed by atoms with Gasteiger partial charge in [0.1, 0.15) is 11.6 Å². The molecular formula is C32H41F3N2. The first-order chi connectivity index (χ1) is 18.0. The maximum atomic E-state index is 15.2. The van der Waals surface area contributed by atoms with Gasteiger partial charge < -0.3 is 4.90 Å². The Labute approximate surface area is 221 Å². The van der Waals surface area contributed by atoms with E-state index in [1.165, 1.54) is 37.8 Å².